The Morgan fingerprint density at radius 3 is 2.55 bits per heavy atom. The Morgan fingerprint density at radius 1 is 1.15 bits per heavy atom. The van der Waals surface area contributed by atoms with Crippen molar-refractivity contribution in [2.75, 3.05) is 5.32 Å². The zero-order valence-corrected chi connectivity index (χ0v) is 12.2. The molecular formula is C16H22FNO2. The highest BCUT2D eigenvalue weighted by Crippen LogP contribution is 2.17. The molecule has 0 atom stereocenters. The summed E-state index contributed by atoms with van der Waals surface area (Å²) in [6, 6.07) is 4.63. The molecule has 0 unspecified atom stereocenters. The van der Waals surface area contributed by atoms with Crippen LogP contribution in [0.1, 0.15) is 51.5 Å². The van der Waals surface area contributed by atoms with Crippen LogP contribution in [-0.2, 0) is 16.0 Å². The second-order valence-corrected chi connectivity index (χ2v) is 5.01. The van der Waals surface area contributed by atoms with Gasteiger partial charge in [-0.2, -0.15) is 0 Å². The largest absolute Gasteiger partial charge is 0.326 e. The third-order valence-corrected chi connectivity index (χ3v) is 3.06. The first-order chi connectivity index (χ1) is 9.51. The van der Waals surface area contributed by atoms with E-state index in [9.17, 15) is 14.0 Å². The minimum absolute atomic E-state index is 0.122. The molecule has 0 aliphatic heterocycles. The van der Waals surface area contributed by atoms with Gasteiger partial charge in [-0.15, -0.1) is 0 Å². The molecule has 1 aromatic carbocycles. The summed E-state index contributed by atoms with van der Waals surface area (Å²) < 4.78 is 13.5. The summed E-state index contributed by atoms with van der Waals surface area (Å²) in [5.41, 5.74) is 1.38. The minimum atomic E-state index is -0.336. The zero-order chi connectivity index (χ0) is 15.0. The summed E-state index contributed by atoms with van der Waals surface area (Å²) >= 11 is 0. The lowest BCUT2D eigenvalue weighted by Crippen LogP contribution is -2.09. The van der Waals surface area contributed by atoms with Gasteiger partial charge in [-0.25, -0.2) is 4.39 Å². The molecule has 0 aliphatic rings. The summed E-state index contributed by atoms with van der Waals surface area (Å²) in [5, 5.41) is 2.67. The number of nitrogens with one attached hydrogen (secondary N) is 1. The molecule has 20 heavy (non-hydrogen) atoms. The molecule has 0 fully saturated rings. The fourth-order valence-electron chi connectivity index (χ4n) is 2.00. The van der Waals surface area contributed by atoms with E-state index in [1.807, 2.05) is 6.07 Å². The lowest BCUT2D eigenvalue weighted by Gasteiger charge is -2.07. The number of hydrogen-bond acceptors (Lipinski definition) is 2. The number of benzene rings is 1. The standard InChI is InChI=1S/C16H22FNO2/c1-3-16(20)18-15-10-13(9-14(17)11-15)8-6-4-5-7-12(2)19/h9-11H,3-8H2,1-2H3,(H,18,20). The van der Waals surface area contributed by atoms with E-state index in [2.05, 4.69) is 5.32 Å². The van der Waals surface area contributed by atoms with Crippen LogP contribution < -0.4 is 5.32 Å². The SMILES string of the molecule is CCC(=O)Nc1cc(F)cc(CCCCCC(C)=O)c1. The number of ketones is 1. The van der Waals surface area contributed by atoms with Crippen LogP contribution in [0, 0.1) is 5.82 Å². The number of unbranched alkanes of at least 4 members (excludes halogenated alkanes) is 2. The van der Waals surface area contributed by atoms with E-state index >= 15 is 0 Å². The Morgan fingerprint density at radius 2 is 1.90 bits per heavy atom. The van der Waals surface area contributed by atoms with Gasteiger partial charge in [-0.05, 0) is 49.9 Å². The van der Waals surface area contributed by atoms with Crippen molar-refractivity contribution < 1.29 is 14.0 Å². The van der Waals surface area contributed by atoms with E-state index in [0.29, 0.717) is 18.5 Å². The third-order valence-electron chi connectivity index (χ3n) is 3.06. The smallest absolute Gasteiger partial charge is 0.224 e. The molecular weight excluding hydrogens is 257 g/mol. The number of rotatable bonds is 8. The second-order valence-electron chi connectivity index (χ2n) is 5.01. The first kappa shape index (κ1) is 16.3. The first-order valence-corrected chi connectivity index (χ1v) is 7.10. The van der Waals surface area contributed by atoms with Crippen LogP contribution in [0.3, 0.4) is 0 Å². The summed E-state index contributed by atoms with van der Waals surface area (Å²) in [6.45, 7) is 3.35. The quantitative estimate of drug-likeness (QED) is 0.734. The van der Waals surface area contributed by atoms with Crippen molar-refractivity contribution in [3.63, 3.8) is 0 Å². The van der Waals surface area contributed by atoms with Crippen molar-refractivity contribution in [1.29, 1.82) is 0 Å². The van der Waals surface area contributed by atoms with Gasteiger partial charge in [0, 0.05) is 18.5 Å². The zero-order valence-electron chi connectivity index (χ0n) is 12.2. The van der Waals surface area contributed by atoms with Gasteiger partial charge >= 0.3 is 0 Å². The van der Waals surface area contributed by atoms with Crippen LogP contribution in [0.25, 0.3) is 0 Å². The average molecular weight is 279 g/mol. The molecule has 0 bridgehead atoms. The van der Waals surface area contributed by atoms with Gasteiger partial charge in [-0.3, -0.25) is 4.79 Å². The normalized spacial score (nSPS) is 10.3. The van der Waals surface area contributed by atoms with E-state index in [1.165, 1.54) is 12.1 Å². The topological polar surface area (TPSA) is 46.2 Å². The van der Waals surface area contributed by atoms with Crippen LogP contribution in [0.2, 0.25) is 0 Å². The molecule has 3 nitrogen and oxygen atoms in total. The molecule has 0 saturated heterocycles. The lowest BCUT2D eigenvalue weighted by molar-refractivity contribution is -0.117. The van der Waals surface area contributed by atoms with Gasteiger partial charge in [0.05, 0.1) is 0 Å². The molecule has 0 radical (unpaired) electrons. The number of amides is 1. The van der Waals surface area contributed by atoms with Crippen molar-refractivity contribution in [3.8, 4) is 0 Å². The van der Waals surface area contributed by atoms with Crippen LogP contribution in [0.4, 0.5) is 10.1 Å². The monoisotopic (exact) mass is 279 g/mol. The Kier molecular flexibility index (Phi) is 6.91. The van der Waals surface area contributed by atoms with E-state index in [0.717, 1.165) is 31.2 Å². The second kappa shape index (κ2) is 8.46. The Hall–Kier alpha value is -1.71. The summed E-state index contributed by atoms with van der Waals surface area (Å²) in [5.74, 6) is -0.249. The molecule has 0 saturated carbocycles. The number of hydrogen-bond donors (Lipinski definition) is 1. The van der Waals surface area contributed by atoms with Crippen molar-refractivity contribution in [3.05, 3.63) is 29.6 Å². The van der Waals surface area contributed by atoms with Gasteiger partial charge in [0.25, 0.3) is 0 Å². The molecule has 0 spiro atoms. The summed E-state index contributed by atoms with van der Waals surface area (Å²) in [4.78, 5) is 22.1. The lowest BCUT2D eigenvalue weighted by atomic mass is 10.0. The Bertz CT molecular complexity index is 472. The molecule has 0 heterocycles. The maximum absolute atomic E-state index is 13.5. The molecule has 110 valence electrons. The van der Waals surface area contributed by atoms with Gasteiger partial charge < -0.3 is 10.1 Å². The number of carbonyl (C=O) groups excluding carboxylic acids is 2. The first-order valence-electron chi connectivity index (χ1n) is 7.10. The number of anilines is 1. The molecule has 4 heteroatoms. The predicted octanol–water partition coefficient (Wildman–Crippen LogP) is 3.87. The predicted molar refractivity (Wildman–Crippen MR) is 78.2 cm³/mol. The molecule has 0 aromatic heterocycles. The van der Waals surface area contributed by atoms with Gasteiger partial charge in [0.15, 0.2) is 0 Å². The highest BCUT2D eigenvalue weighted by molar-refractivity contribution is 5.90. The average Bonchev–Trinajstić information content (AvgIpc) is 2.37. The fraction of sp³-hybridized carbons (Fsp3) is 0.500. The number of aryl methyl sites for hydroxylation is 1. The fourth-order valence-corrected chi connectivity index (χ4v) is 2.00. The molecule has 1 rings (SSSR count). The van der Waals surface area contributed by atoms with Crippen molar-refractivity contribution in [1.82, 2.24) is 0 Å². The molecule has 1 N–H and O–H groups in total. The van der Waals surface area contributed by atoms with Crippen molar-refractivity contribution in [2.45, 2.75) is 52.4 Å². The maximum Gasteiger partial charge on any atom is 0.224 e. The number of Topliss-reactive ketones (excluding diaryl/α,β-unsaturated/α-hetero) is 1. The van der Waals surface area contributed by atoms with E-state index in [-0.39, 0.29) is 17.5 Å². The Balaban J connectivity index is 2.49. The highest BCUT2D eigenvalue weighted by Gasteiger charge is 2.04. The molecule has 1 amide bonds. The summed E-state index contributed by atoms with van der Waals surface area (Å²) in [6.07, 6.45) is 4.48. The van der Waals surface area contributed by atoms with Crippen LogP contribution in [0.15, 0.2) is 18.2 Å². The Labute approximate surface area is 119 Å². The van der Waals surface area contributed by atoms with Crippen LogP contribution in [0.5, 0.6) is 0 Å². The summed E-state index contributed by atoms with van der Waals surface area (Å²) in [7, 11) is 0. The van der Waals surface area contributed by atoms with Gasteiger partial charge in [-0.1, -0.05) is 13.3 Å². The van der Waals surface area contributed by atoms with E-state index in [1.54, 1.807) is 13.8 Å². The van der Waals surface area contributed by atoms with Crippen molar-refractivity contribution in [2.24, 2.45) is 0 Å². The molecule has 1 aromatic rings. The van der Waals surface area contributed by atoms with Crippen molar-refractivity contribution >= 4 is 17.4 Å². The third kappa shape index (κ3) is 6.45. The van der Waals surface area contributed by atoms with E-state index < -0.39 is 0 Å². The van der Waals surface area contributed by atoms with Crippen LogP contribution >= 0.6 is 0 Å². The number of halogens is 1. The molecule has 0 aliphatic carbocycles. The van der Waals surface area contributed by atoms with Gasteiger partial charge in [0.1, 0.15) is 11.6 Å². The maximum atomic E-state index is 13.5. The number of carbonyl (C=O) groups is 2. The van der Waals surface area contributed by atoms with E-state index in [4.69, 9.17) is 0 Å². The minimum Gasteiger partial charge on any atom is -0.326 e. The van der Waals surface area contributed by atoms with Crippen LogP contribution in [-0.4, -0.2) is 11.7 Å². The van der Waals surface area contributed by atoms with Gasteiger partial charge in [0.2, 0.25) is 5.91 Å². The highest BCUT2D eigenvalue weighted by atomic mass is 19.1.